The maximum absolute atomic E-state index is 12.9. The van der Waals surface area contributed by atoms with E-state index in [1.807, 2.05) is 84.9 Å². The van der Waals surface area contributed by atoms with Crippen LogP contribution >= 0.6 is 0 Å². The third kappa shape index (κ3) is 4.61. The van der Waals surface area contributed by atoms with Crippen molar-refractivity contribution < 1.29 is 23.8 Å². The van der Waals surface area contributed by atoms with Crippen LogP contribution in [0.5, 0.6) is 5.75 Å². The van der Waals surface area contributed by atoms with Crippen LogP contribution in [-0.4, -0.2) is 17.7 Å². The molecule has 158 valence electrons. The van der Waals surface area contributed by atoms with E-state index in [-0.39, 0.29) is 0 Å². The average molecular weight is 416 g/mol. The molecule has 1 unspecified atom stereocenters. The van der Waals surface area contributed by atoms with Crippen LogP contribution < -0.4 is 4.74 Å². The summed E-state index contributed by atoms with van der Waals surface area (Å²) in [5, 5.41) is 0. The molecule has 1 fully saturated rings. The molecule has 1 saturated heterocycles. The molecule has 0 spiro atoms. The Balaban J connectivity index is 1.74. The molecule has 3 aromatic carbocycles. The first-order chi connectivity index (χ1) is 14.9. The van der Waals surface area contributed by atoms with E-state index in [0.29, 0.717) is 12.4 Å². The van der Waals surface area contributed by atoms with Gasteiger partial charge in [0, 0.05) is 25.3 Å². The van der Waals surface area contributed by atoms with Crippen molar-refractivity contribution in [1.82, 2.24) is 0 Å². The lowest BCUT2D eigenvalue weighted by Crippen LogP contribution is -2.48. The summed E-state index contributed by atoms with van der Waals surface area (Å²) in [4.78, 5) is 25.9. The topological polar surface area (TPSA) is 61.8 Å². The lowest BCUT2D eigenvalue weighted by molar-refractivity contribution is -0.240. The first-order valence-electron chi connectivity index (χ1n) is 10.2. The number of ether oxygens (including phenoxy) is 3. The molecule has 1 heterocycles. The summed E-state index contributed by atoms with van der Waals surface area (Å²) in [6.07, 6.45) is 0. The van der Waals surface area contributed by atoms with Gasteiger partial charge < -0.3 is 14.2 Å². The van der Waals surface area contributed by atoms with E-state index >= 15 is 0 Å². The Bertz CT molecular complexity index is 1040. The van der Waals surface area contributed by atoms with Crippen LogP contribution in [0.1, 0.15) is 36.5 Å². The number of hydrogen-bond donors (Lipinski definition) is 0. The highest BCUT2D eigenvalue weighted by Gasteiger charge is 2.48. The standard InChI is InChI=1S/C26H24O5/c1-26(2)30-24(27)23(25(28)31-26)22(19-13-7-4-8-14-19)20-15-9-10-16-21(20)29-17-18-11-5-3-6-12-18/h3-16,22-23H,17H2,1-2H3. The molecule has 0 amide bonds. The molecule has 31 heavy (non-hydrogen) atoms. The van der Waals surface area contributed by atoms with E-state index < -0.39 is 29.6 Å². The number of benzene rings is 3. The average Bonchev–Trinajstić information content (AvgIpc) is 2.76. The summed E-state index contributed by atoms with van der Waals surface area (Å²) in [7, 11) is 0. The number of cyclic esters (lactones) is 2. The van der Waals surface area contributed by atoms with Gasteiger partial charge in [-0.15, -0.1) is 0 Å². The molecule has 0 aromatic heterocycles. The molecule has 0 N–H and O–H groups in total. The number of rotatable bonds is 6. The van der Waals surface area contributed by atoms with Crippen LogP contribution in [0.15, 0.2) is 84.9 Å². The highest BCUT2D eigenvalue weighted by Crippen LogP contribution is 2.41. The van der Waals surface area contributed by atoms with E-state index in [0.717, 1.165) is 16.7 Å². The molecule has 1 aliphatic heterocycles. The summed E-state index contributed by atoms with van der Waals surface area (Å²) < 4.78 is 17.0. The summed E-state index contributed by atoms with van der Waals surface area (Å²) in [5.41, 5.74) is 2.55. The zero-order chi connectivity index (χ0) is 21.8. The molecule has 0 radical (unpaired) electrons. The van der Waals surface area contributed by atoms with Gasteiger partial charge in [-0.05, 0) is 17.2 Å². The van der Waals surface area contributed by atoms with Crippen LogP contribution in [0, 0.1) is 5.92 Å². The maximum atomic E-state index is 12.9. The van der Waals surface area contributed by atoms with Gasteiger partial charge in [-0.1, -0.05) is 78.9 Å². The first kappa shape index (κ1) is 20.7. The van der Waals surface area contributed by atoms with Gasteiger partial charge in [-0.25, -0.2) is 0 Å². The quantitative estimate of drug-likeness (QED) is 0.425. The molecule has 0 saturated carbocycles. The van der Waals surface area contributed by atoms with Crippen molar-refractivity contribution >= 4 is 11.9 Å². The number of esters is 2. The van der Waals surface area contributed by atoms with Crippen LogP contribution in [0.25, 0.3) is 0 Å². The van der Waals surface area contributed by atoms with Crippen molar-refractivity contribution in [2.24, 2.45) is 5.92 Å². The van der Waals surface area contributed by atoms with Gasteiger partial charge in [-0.3, -0.25) is 9.59 Å². The molecule has 5 heteroatoms. The Morgan fingerprint density at radius 1 is 0.806 bits per heavy atom. The van der Waals surface area contributed by atoms with Crippen molar-refractivity contribution in [3.05, 3.63) is 102 Å². The zero-order valence-electron chi connectivity index (χ0n) is 17.5. The Morgan fingerprint density at radius 2 is 1.35 bits per heavy atom. The van der Waals surface area contributed by atoms with Crippen molar-refractivity contribution in [2.75, 3.05) is 0 Å². The molecular formula is C26H24O5. The Kier molecular flexibility index (Phi) is 5.76. The minimum Gasteiger partial charge on any atom is -0.489 e. The predicted molar refractivity (Wildman–Crippen MR) is 115 cm³/mol. The summed E-state index contributed by atoms with van der Waals surface area (Å²) >= 11 is 0. The fourth-order valence-electron chi connectivity index (χ4n) is 3.82. The van der Waals surface area contributed by atoms with Gasteiger partial charge >= 0.3 is 11.9 Å². The number of hydrogen-bond acceptors (Lipinski definition) is 5. The maximum Gasteiger partial charge on any atom is 0.324 e. The van der Waals surface area contributed by atoms with Crippen molar-refractivity contribution in [1.29, 1.82) is 0 Å². The van der Waals surface area contributed by atoms with E-state index in [2.05, 4.69) is 0 Å². The second-order valence-corrected chi connectivity index (χ2v) is 7.92. The minimum absolute atomic E-state index is 0.367. The number of carbonyl (C=O) groups is 2. The Morgan fingerprint density at radius 3 is 2.00 bits per heavy atom. The lowest BCUT2D eigenvalue weighted by Gasteiger charge is -2.36. The second kappa shape index (κ2) is 8.64. The molecule has 0 bridgehead atoms. The van der Waals surface area contributed by atoms with E-state index in [9.17, 15) is 9.59 Å². The summed E-state index contributed by atoms with van der Waals surface area (Å²) in [5.74, 6) is -3.62. The zero-order valence-corrected chi connectivity index (χ0v) is 17.5. The molecular weight excluding hydrogens is 392 g/mol. The highest BCUT2D eigenvalue weighted by atomic mass is 16.7. The molecule has 5 nitrogen and oxygen atoms in total. The molecule has 4 rings (SSSR count). The normalized spacial score (nSPS) is 16.8. The lowest BCUT2D eigenvalue weighted by atomic mass is 9.79. The fraction of sp³-hybridized carbons (Fsp3) is 0.231. The van der Waals surface area contributed by atoms with Gasteiger partial charge in [0.2, 0.25) is 0 Å². The third-order valence-electron chi connectivity index (χ3n) is 5.18. The Hall–Kier alpha value is -3.60. The Labute approximate surface area is 181 Å². The van der Waals surface area contributed by atoms with Crippen molar-refractivity contribution in [3.8, 4) is 5.75 Å². The van der Waals surface area contributed by atoms with Crippen LogP contribution in [-0.2, 0) is 25.7 Å². The smallest absolute Gasteiger partial charge is 0.324 e. The SMILES string of the molecule is CC1(C)OC(=O)C(C(c2ccccc2)c2ccccc2OCc2ccccc2)C(=O)O1. The van der Waals surface area contributed by atoms with Crippen molar-refractivity contribution in [2.45, 2.75) is 32.2 Å². The van der Waals surface area contributed by atoms with E-state index in [4.69, 9.17) is 14.2 Å². The molecule has 1 aliphatic rings. The number of para-hydroxylation sites is 1. The van der Waals surface area contributed by atoms with Crippen molar-refractivity contribution in [3.63, 3.8) is 0 Å². The molecule has 3 aromatic rings. The van der Waals surface area contributed by atoms with Gasteiger partial charge in [-0.2, -0.15) is 0 Å². The highest BCUT2D eigenvalue weighted by molar-refractivity contribution is 5.98. The van der Waals surface area contributed by atoms with Crippen LogP contribution in [0.3, 0.4) is 0 Å². The minimum atomic E-state index is -1.28. The monoisotopic (exact) mass is 416 g/mol. The largest absolute Gasteiger partial charge is 0.489 e. The molecule has 0 aliphatic carbocycles. The first-order valence-corrected chi connectivity index (χ1v) is 10.2. The van der Waals surface area contributed by atoms with Gasteiger partial charge in [0.25, 0.3) is 5.79 Å². The van der Waals surface area contributed by atoms with Crippen LogP contribution in [0.2, 0.25) is 0 Å². The van der Waals surface area contributed by atoms with Gasteiger partial charge in [0.1, 0.15) is 12.4 Å². The van der Waals surface area contributed by atoms with E-state index in [1.54, 1.807) is 13.8 Å². The van der Waals surface area contributed by atoms with Crippen LogP contribution in [0.4, 0.5) is 0 Å². The summed E-state index contributed by atoms with van der Waals surface area (Å²) in [6.45, 7) is 3.47. The third-order valence-corrected chi connectivity index (χ3v) is 5.18. The van der Waals surface area contributed by atoms with Gasteiger partial charge in [0.05, 0.1) is 0 Å². The summed E-state index contributed by atoms with van der Waals surface area (Å²) in [6, 6.07) is 26.7. The van der Waals surface area contributed by atoms with E-state index in [1.165, 1.54) is 0 Å². The number of carbonyl (C=O) groups excluding carboxylic acids is 2. The predicted octanol–water partition coefficient (Wildman–Crippen LogP) is 4.85. The molecule has 1 atom stereocenters. The van der Waals surface area contributed by atoms with Gasteiger partial charge in [0.15, 0.2) is 5.92 Å². The fourth-order valence-corrected chi connectivity index (χ4v) is 3.82. The second-order valence-electron chi connectivity index (χ2n) is 7.92.